The monoisotopic (exact) mass is 247 g/mol. The molecule has 0 saturated heterocycles. The molecule has 3 heteroatoms. The molecule has 0 saturated carbocycles. The van der Waals surface area contributed by atoms with Gasteiger partial charge < -0.3 is 0 Å². The number of aliphatic imine (C=N–C) groups is 1. The summed E-state index contributed by atoms with van der Waals surface area (Å²) in [5.41, 5.74) is 2.32. The normalized spacial score (nSPS) is 11.0. The maximum absolute atomic E-state index is 13.5. The molecule has 0 heterocycles. The Kier molecular flexibility index (Phi) is 3.55. The lowest BCUT2D eigenvalue weighted by molar-refractivity contribution is 0.630. The van der Waals surface area contributed by atoms with Crippen molar-refractivity contribution in [3.63, 3.8) is 0 Å². The highest BCUT2D eigenvalue weighted by molar-refractivity contribution is 6.31. The molecular weight excluding hydrogens is 237 g/mol. The van der Waals surface area contributed by atoms with Gasteiger partial charge in [0.25, 0.3) is 0 Å². The second-order valence-corrected chi connectivity index (χ2v) is 4.15. The number of nitrogens with zero attached hydrogens (tertiary/aromatic N) is 1. The third kappa shape index (κ3) is 2.92. The molecular formula is C14H11ClFN. The highest BCUT2D eigenvalue weighted by Crippen LogP contribution is 2.24. The van der Waals surface area contributed by atoms with E-state index >= 15 is 0 Å². The summed E-state index contributed by atoms with van der Waals surface area (Å²) in [6.07, 6.45) is 1.63. The predicted molar refractivity (Wildman–Crippen MR) is 69.8 cm³/mol. The average Bonchev–Trinajstić information content (AvgIpc) is 2.31. The van der Waals surface area contributed by atoms with Crippen LogP contribution in [0.4, 0.5) is 10.1 Å². The zero-order valence-electron chi connectivity index (χ0n) is 9.32. The van der Waals surface area contributed by atoms with Gasteiger partial charge in [-0.3, -0.25) is 4.99 Å². The van der Waals surface area contributed by atoms with Crippen LogP contribution in [0.3, 0.4) is 0 Å². The molecule has 0 aliphatic rings. The van der Waals surface area contributed by atoms with Crippen LogP contribution in [0, 0.1) is 12.7 Å². The van der Waals surface area contributed by atoms with E-state index in [1.54, 1.807) is 18.3 Å². The maximum atomic E-state index is 13.5. The summed E-state index contributed by atoms with van der Waals surface area (Å²) in [4.78, 5) is 4.09. The number of halogens is 2. The Bertz CT molecular complexity index is 564. The maximum Gasteiger partial charge on any atom is 0.167 e. The van der Waals surface area contributed by atoms with Crippen molar-refractivity contribution >= 4 is 23.5 Å². The Morgan fingerprint density at radius 1 is 1.18 bits per heavy atom. The summed E-state index contributed by atoms with van der Waals surface area (Å²) in [5, 5.41) is 0.0869. The molecule has 0 unspecified atom stereocenters. The van der Waals surface area contributed by atoms with Crippen LogP contribution >= 0.6 is 11.6 Å². The van der Waals surface area contributed by atoms with E-state index in [2.05, 4.69) is 4.99 Å². The van der Waals surface area contributed by atoms with Crippen molar-refractivity contribution in [1.29, 1.82) is 0 Å². The van der Waals surface area contributed by atoms with Gasteiger partial charge in [-0.25, -0.2) is 4.39 Å². The van der Waals surface area contributed by atoms with Crippen LogP contribution in [-0.4, -0.2) is 6.21 Å². The van der Waals surface area contributed by atoms with E-state index in [9.17, 15) is 4.39 Å². The van der Waals surface area contributed by atoms with Crippen molar-refractivity contribution in [3.8, 4) is 0 Å². The van der Waals surface area contributed by atoms with Gasteiger partial charge in [0.1, 0.15) is 5.69 Å². The molecule has 17 heavy (non-hydrogen) atoms. The molecule has 0 radical (unpaired) electrons. The number of benzene rings is 2. The lowest BCUT2D eigenvalue weighted by Crippen LogP contribution is -1.83. The van der Waals surface area contributed by atoms with E-state index in [1.807, 2.05) is 31.2 Å². The Labute approximate surface area is 105 Å². The molecule has 0 fully saturated rings. The van der Waals surface area contributed by atoms with Gasteiger partial charge in [0.15, 0.2) is 5.82 Å². The van der Waals surface area contributed by atoms with Crippen molar-refractivity contribution in [2.24, 2.45) is 4.99 Å². The van der Waals surface area contributed by atoms with Gasteiger partial charge in [-0.15, -0.1) is 0 Å². The van der Waals surface area contributed by atoms with Crippen molar-refractivity contribution in [3.05, 3.63) is 64.4 Å². The minimum absolute atomic E-state index is 0.0869. The first-order chi connectivity index (χ1) is 8.16. The molecule has 86 valence electrons. The van der Waals surface area contributed by atoms with Gasteiger partial charge in [0.05, 0.1) is 5.02 Å². The Morgan fingerprint density at radius 3 is 2.71 bits per heavy atom. The minimum atomic E-state index is -0.488. The first-order valence-electron chi connectivity index (χ1n) is 5.21. The van der Waals surface area contributed by atoms with E-state index < -0.39 is 5.82 Å². The van der Waals surface area contributed by atoms with E-state index in [0.717, 1.165) is 11.1 Å². The zero-order chi connectivity index (χ0) is 12.3. The molecule has 0 bridgehead atoms. The highest BCUT2D eigenvalue weighted by atomic mass is 35.5. The van der Waals surface area contributed by atoms with Crippen molar-refractivity contribution in [1.82, 2.24) is 0 Å². The van der Waals surface area contributed by atoms with Crippen LogP contribution < -0.4 is 0 Å². The molecule has 2 rings (SSSR count). The van der Waals surface area contributed by atoms with Crippen LogP contribution in [0.15, 0.2) is 47.5 Å². The van der Waals surface area contributed by atoms with Crippen molar-refractivity contribution in [2.75, 3.05) is 0 Å². The SMILES string of the molecule is Cc1cccc(/C=N/c2cccc(Cl)c2F)c1. The van der Waals surface area contributed by atoms with E-state index in [0.29, 0.717) is 0 Å². The third-order valence-corrected chi connectivity index (χ3v) is 2.62. The summed E-state index contributed by atoms with van der Waals surface area (Å²) >= 11 is 5.67. The molecule has 0 aliphatic carbocycles. The standard InChI is InChI=1S/C14H11ClFN/c1-10-4-2-5-11(8-10)9-17-13-7-3-6-12(15)14(13)16/h2-9H,1H3/b17-9+. The molecule has 2 aromatic carbocycles. The highest BCUT2D eigenvalue weighted by Gasteiger charge is 2.03. The van der Waals surface area contributed by atoms with Crippen molar-refractivity contribution in [2.45, 2.75) is 6.92 Å². The molecule has 0 aliphatic heterocycles. The average molecular weight is 248 g/mol. The van der Waals surface area contributed by atoms with E-state index in [4.69, 9.17) is 11.6 Å². The minimum Gasteiger partial charge on any atom is -0.253 e. The number of aryl methyl sites for hydroxylation is 1. The van der Waals surface area contributed by atoms with E-state index in [1.165, 1.54) is 6.07 Å². The van der Waals surface area contributed by atoms with Crippen LogP contribution in [0.1, 0.15) is 11.1 Å². The predicted octanol–water partition coefficient (Wildman–Crippen LogP) is 4.54. The first kappa shape index (κ1) is 11.8. The van der Waals surface area contributed by atoms with Crippen LogP contribution in [-0.2, 0) is 0 Å². The summed E-state index contributed by atoms with van der Waals surface area (Å²) in [7, 11) is 0. The summed E-state index contributed by atoms with van der Waals surface area (Å²) in [5.74, 6) is -0.488. The summed E-state index contributed by atoms with van der Waals surface area (Å²) < 4.78 is 13.5. The number of hydrogen-bond donors (Lipinski definition) is 0. The molecule has 0 N–H and O–H groups in total. The van der Waals surface area contributed by atoms with E-state index in [-0.39, 0.29) is 10.7 Å². The van der Waals surface area contributed by atoms with Gasteiger partial charge in [-0.05, 0) is 24.6 Å². The second-order valence-electron chi connectivity index (χ2n) is 3.75. The van der Waals surface area contributed by atoms with Crippen LogP contribution in [0.5, 0.6) is 0 Å². The summed E-state index contributed by atoms with van der Waals surface area (Å²) in [6, 6.07) is 12.6. The van der Waals surface area contributed by atoms with Crippen molar-refractivity contribution < 1.29 is 4.39 Å². The molecule has 0 atom stereocenters. The van der Waals surface area contributed by atoms with Gasteiger partial charge in [-0.2, -0.15) is 0 Å². The van der Waals surface area contributed by atoms with Gasteiger partial charge >= 0.3 is 0 Å². The molecule has 2 aromatic rings. The fraction of sp³-hybridized carbons (Fsp3) is 0.0714. The second kappa shape index (κ2) is 5.11. The topological polar surface area (TPSA) is 12.4 Å². The molecule has 0 spiro atoms. The number of rotatable bonds is 2. The lowest BCUT2D eigenvalue weighted by Gasteiger charge is -1.99. The third-order valence-electron chi connectivity index (χ3n) is 2.33. The number of hydrogen-bond acceptors (Lipinski definition) is 1. The zero-order valence-corrected chi connectivity index (χ0v) is 10.1. The smallest absolute Gasteiger partial charge is 0.167 e. The fourth-order valence-corrected chi connectivity index (χ4v) is 1.66. The quantitative estimate of drug-likeness (QED) is 0.691. The van der Waals surface area contributed by atoms with Gasteiger partial charge in [0.2, 0.25) is 0 Å². The molecule has 0 aromatic heterocycles. The first-order valence-corrected chi connectivity index (χ1v) is 5.59. The summed E-state index contributed by atoms with van der Waals surface area (Å²) in [6.45, 7) is 2.00. The Balaban J connectivity index is 2.29. The van der Waals surface area contributed by atoms with Gasteiger partial charge in [0, 0.05) is 6.21 Å². The Morgan fingerprint density at radius 2 is 1.94 bits per heavy atom. The molecule has 0 amide bonds. The van der Waals surface area contributed by atoms with Crippen LogP contribution in [0.2, 0.25) is 5.02 Å². The Hall–Kier alpha value is -1.67. The van der Waals surface area contributed by atoms with Crippen LogP contribution in [0.25, 0.3) is 0 Å². The molecule has 1 nitrogen and oxygen atoms in total. The largest absolute Gasteiger partial charge is 0.253 e. The lowest BCUT2D eigenvalue weighted by atomic mass is 10.1. The fourth-order valence-electron chi connectivity index (χ4n) is 1.49. The van der Waals surface area contributed by atoms with Gasteiger partial charge in [-0.1, -0.05) is 47.5 Å².